The molecule has 0 bridgehead atoms. The van der Waals surface area contributed by atoms with Gasteiger partial charge in [-0.2, -0.15) is 0 Å². The van der Waals surface area contributed by atoms with Gasteiger partial charge in [0.1, 0.15) is 18.3 Å². The predicted octanol–water partition coefficient (Wildman–Crippen LogP) is 2.71. The lowest BCUT2D eigenvalue weighted by molar-refractivity contribution is -0.139. The molecule has 0 heterocycles. The van der Waals surface area contributed by atoms with Crippen LogP contribution in [0.5, 0.6) is 5.75 Å². The van der Waals surface area contributed by atoms with Gasteiger partial charge < -0.3 is 15.0 Å². The summed E-state index contributed by atoms with van der Waals surface area (Å²) in [5.41, 5.74) is 2.12. The molecule has 9 heteroatoms. The lowest BCUT2D eigenvalue weighted by atomic mass is 10.1. The molecule has 0 spiro atoms. The molecule has 2 aromatic carbocycles. The molecule has 2 rings (SSSR count). The number of amides is 2. The molecule has 0 aliphatic heterocycles. The third-order valence-electron chi connectivity index (χ3n) is 5.23. The van der Waals surface area contributed by atoms with Gasteiger partial charge in [-0.15, -0.1) is 0 Å². The van der Waals surface area contributed by atoms with Crippen molar-refractivity contribution >= 4 is 27.5 Å². The zero-order chi connectivity index (χ0) is 24.6. The molecule has 33 heavy (non-hydrogen) atoms. The summed E-state index contributed by atoms with van der Waals surface area (Å²) >= 11 is 0. The van der Waals surface area contributed by atoms with Gasteiger partial charge in [0.2, 0.25) is 21.8 Å². The maximum Gasteiger partial charge on any atom is 0.244 e. The van der Waals surface area contributed by atoms with E-state index in [1.54, 1.807) is 45.0 Å². The average molecular weight is 476 g/mol. The van der Waals surface area contributed by atoms with Crippen LogP contribution in [0.3, 0.4) is 0 Å². The van der Waals surface area contributed by atoms with Gasteiger partial charge in [-0.3, -0.25) is 13.9 Å². The minimum absolute atomic E-state index is 0.175. The number of ether oxygens (including phenoxy) is 1. The lowest BCUT2D eigenvalue weighted by Crippen LogP contribution is -2.51. The van der Waals surface area contributed by atoms with Crippen LogP contribution in [-0.2, 0) is 26.2 Å². The molecule has 0 aromatic heterocycles. The number of aryl methyl sites for hydroxylation is 1. The topological polar surface area (TPSA) is 96.0 Å². The van der Waals surface area contributed by atoms with E-state index in [9.17, 15) is 18.0 Å². The molecule has 0 aliphatic carbocycles. The quantitative estimate of drug-likeness (QED) is 0.539. The number of carbonyl (C=O) groups excluding carboxylic acids is 2. The van der Waals surface area contributed by atoms with Crippen molar-refractivity contribution in [2.24, 2.45) is 0 Å². The second kappa shape index (κ2) is 11.7. The SMILES string of the molecule is CCNC(=O)[C@@H](C)N(Cc1ccccc1C)C(=O)CN(c1ccccc1OCC)S(C)(=O)=O. The third kappa shape index (κ3) is 6.95. The van der Waals surface area contributed by atoms with Gasteiger partial charge >= 0.3 is 0 Å². The number of benzene rings is 2. The van der Waals surface area contributed by atoms with Crippen molar-refractivity contribution in [3.05, 3.63) is 59.7 Å². The van der Waals surface area contributed by atoms with E-state index < -0.39 is 28.5 Å². The number of para-hydroxylation sites is 2. The molecule has 180 valence electrons. The van der Waals surface area contributed by atoms with Crippen molar-refractivity contribution in [3.8, 4) is 5.75 Å². The van der Waals surface area contributed by atoms with Gasteiger partial charge in [-0.05, 0) is 51.0 Å². The Labute approximate surface area is 196 Å². The molecule has 0 saturated heterocycles. The fourth-order valence-corrected chi connectivity index (χ4v) is 4.26. The maximum absolute atomic E-state index is 13.5. The Morgan fingerprint density at radius 3 is 2.30 bits per heavy atom. The summed E-state index contributed by atoms with van der Waals surface area (Å²) in [7, 11) is -3.82. The second-order valence-electron chi connectivity index (χ2n) is 7.69. The monoisotopic (exact) mass is 475 g/mol. The average Bonchev–Trinajstić information content (AvgIpc) is 2.76. The minimum atomic E-state index is -3.82. The number of anilines is 1. The predicted molar refractivity (Wildman–Crippen MR) is 130 cm³/mol. The number of hydrogen-bond donors (Lipinski definition) is 1. The highest BCUT2D eigenvalue weighted by molar-refractivity contribution is 7.92. The molecule has 0 saturated carbocycles. The first-order valence-electron chi connectivity index (χ1n) is 10.9. The highest BCUT2D eigenvalue weighted by atomic mass is 32.2. The van der Waals surface area contributed by atoms with Crippen LogP contribution in [0.4, 0.5) is 5.69 Å². The zero-order valence-electron chi connectivity index (χ0n) is 19.9. The van der Waals surface area contributed by atoms with Gasteiger partial charge in [0.15, 0.2) is 0 Å². The molecule has 0 unspecified atom stereocenters. The van der Waals surface area contributed by atoms with Crippen molar-refractivity contribution < 1.29 is 22.7 Å². The summed E-state index contributed by atoms with van der Waals surface area (Å²) in [5, 5.41) is 2.74. The number of likely N-dealkylation sites (N-methyl/N-ethyl adjacent to an activating group) is 1. The van der Waals surface area contributed by atoms with E-state index in [2.05, 4.69) is 5.32 Å². The van der Waals surface area contributed by atoms with Crippen LogP contribution in [0.1, 0.15) is 31.9 Å². The molecule has 1 atom stereocenters. The number of nitrogens with one attached hydrogen (secondary N) is 1. The van der Waals surface area contributed by atoms with Gasteiger partial charge in [0.25, 0.3) is 0 Å². The van der Waals surface area contributed by atoms with Crippen LogP contribution in [0, 0.1) is 6.92 Å². The Morgan fingerprint density at radius 2 is 1.70 bits per heavy atom. The number of hydrogen-bond acceptors (Lipinski definition) is 5. The second-order valence-corrected chi connectivity index (χ2v) is 9.60. The third-order valence-corrected chi connectivity index (χ3v) is 6.36. The van der Waals surface area contributed by atoms with E-state index >= 15 is 0 Å². The Kier molecular flexibility index (Phi) is 9.28. The Balaban J connectivity index is 2.44. The summed E-state index contributed by atoms with van der Waals surface area (Å²) in [4.78, 5) is 27.5. The van der Waals surface area contributed by atoms with Crippen LogP contribution in [0.2, 0.25) is 0 Å². The molecule has 8 nitrogen and oxygen atoms in total. The van der Waals surface area contributed by atoms with Crippen molar-refractivity contribution in [1.82, 2.24) is 10.2 Å². The first-order chi connectivity index (χ1) is 15.6. The zero-order valence-corrected chi connectivity index (χ0v) is 20.7. The summed E-state index contributed by atoms with van der Waals surface area (Å²) in [6.45, 7) is 7.64. The van der Waals surface area contributed by atoms with Crippen LogP contribution in [0.25, 0.3) is 0 Å². The van der Waals surface area contributed by atoms with E-state index in [0.29, 0.717) is 18.9 Å². The molecular weight excluding hydrogens is 442 g/mol. The number of nitrogens with zero attached hydrogens (tertiary/aromatic N) is 2. The van der Waals surface area contributed by atoms with E-state index in [1.165, 1.54) is 4.90 Å². The smallest absolute Gasteiger partial charge is 0.244 e. The first kappa shape index (κ1) is 26.2. The van der Waals surface area contributed by atoms with Crippen LogP contribution in [-0.4, -0.2) is 57.1 Å². The Bertz CT molecular complexity index is 1070. The fourth-order valence-electron chi connectivity index (χ4n) is 3.41. The highest BCUT2D eigenvalue weighted by Crippen LogP contribution is 2.30. The van der Waals surface area contributed by atoms with Crippen molar-refractivity contribution in [2.75, 3.05) is 30.3 Å². The molecule has 0 fully saturated rings. The first-order valence-corrected chi connectivity index (χ1v) is 12.8. The summed E-state index contributed by atoms with van der Waals surface area (Å²) in [6.07, 6.45) is 1.04. The largest absolute Gasteiger partial charge is 0.492 e. The summed E-state index contributed by atoms with van der Waals surface area (Å²) < 4.78 is 32.0. The van der Waals surface area contributed by atoms with Crippen LogP contribution >= 0.6 is 0 Å². The highest BCUT2D eigenvalue weighted by Gasteiger charge is 2.31. The standard InChI is InChI=1S/C24H33N3O5S/c1-6-25-24(29)19(4)26(16-20-13-9-8-12-18(20)3)23(28)17-27(33(5,30)31)21-14-10-11-15-22(21)32-7-2/h8-15,19H,6-7,16-17H2,1-5H3,(H,25,29)/t19-/m1/s1. The Morgan fingerprint density at radius 1 is 1.06 bits per heavy atom. The van der Waals surface area contributed by atoms with E-state index in [1.807, 2.05) is 31.2 Å². The van der Waals surface area contributed by atoms with Crippen LogP contribution < -0.4 is 14.4 Å². The number of rotatable bonds is 11. The van der Waals surface area contributed by atoms with E-state index in [0.717, 1.165) is 21.7 Å². The Hall–Kier alpha value is -3.07. The molecule has 2 aromatic rings. The normalized spacial score (nSPS) is 12.0. The van der Waals surface area contributed by atoms with Crippen molar-refractivity contribution in [2.45, 2.75) is 40.3 Å². The van der Waals surface area contributed by atoms with Crippen molar-refractivity contribution in [3.63, 3.8) is 0 Å². The summed E-state index contributed by atoms with van der Waals surface area (Å²) in [5.74, 6) is -0.436. The van der Waals surface area contributed by atoms with Crippen LogP contribution in [0.15, 0.2) is 48.5 Å². The minimum Gasteiger partial charge on any atom is -0.492 e. The fraction of sp³-hybridized carbons (Fsp3) is 0.417. The summed E-state index contributed by atoms with van der Waals surface area (Å²) in [6, 6.07) is 13.5. The van der Waals surface area contributed by atoms with Crippen molar-refractivity contribution in [1.29, 1.82) is 0 Å². The molecule has 2 amide bonds. The molecule has 0 aliphatic rings. The van der Waals surface area contributed by atoms with Gasteiger partial charge in [-0.25, -0.2) is 8.42 Å². The number of carbonyl (C=O) groups is 2. The molecule has 0 radical (unpaired) electrons. The molecular formula is C24H33N3O5S. The van der Waals surface area contributed by atoms with Gasteiger partial charge in [0.05, 0.1) is 18.6 Å². The lowest BCUT2D eigenvalue weighted by Gasteiger charge is -2.32. The maximum atomic E-state index is 13.5. The van der Waals surface area contributed by atoms with Gasteiger partial charge in [0, 0.05) is 13.1 Å². The van der Waals surface area contributed by atoms with Gasteiger partial charge in [-0.1, -0.05) is 36.4 Å². The number of sulfonamides is 1. The van der Waals surface area contributed by atoms with E-state index in [-0.39, 0.29) is 18.1 Å². The van der Waals surface area contributed by atoms with E-state index in [4.69, 9.17) is 4.74 Å². The molecule has 1 N–H and O–H groups in total.